The minimum absolute atomic E-state index is 0.121. The summed E-state index contributed by atoms with van der Waals surface area (Å²) in [4.78, 5) is 35.3. The molecule has 0 spiro atoms. The molecule has 2 amide bonds. The average molecular weight is 403 g/mol. The predicted octanol–water partition coefficient (Wildman–Crippen LogP) is 1.42. The van der Waals surface area contributed by atoms with Gasteiger partial charge in [-0.15, -0.1) is 0 Å². The first-order valence-corrected chi connectivity index (χ1v) is 9.88. The summed E-state index contributed by atoms with van der Waals surface area (Å²) in [5.74, 6) is -1.12. The third kappa shape index (κ3) is 4.24. The highest BCUT2D eigenvalue weighted by atomic mass is 32.2. The number of hydrogen-bond acceptors (Lipinski definition) is 6. The Morgan fingerprint density at radius 3 is 2.39 bits per heavy atom. The lowest BCUT2D eigenvalue weighted by Gasteiger charge is -2.15. The number of carbonyl (C=O) groups excluding carboxylic acids is 2. The van der Waals surface area contributed by atoms with Gasteiger partial charge in [0.05, 0.1) is 16.4 Å². The maximum atomic E-state index is 12.3. The van der Waals surface area contributed by atoms with Gasteiger partial charge in [0.15, 0.2) is 0 Å². The first-order chi connectivity index (χ1) is 13.3. The number of nitro groups is 1. The fourth-order valence-electron chi connectivity index (χ4n) is 2.98. The van der Waals surface area contributed by atoms with Crippen molar-refractivity contribution in [1.82, 2.24) is 9.62 Å². The van der Waals surface area contributed by atoms with Crippen LogP contribution in [0.2, 0.25) is 0 Å². The van der Waals surface area contributed by atoms with Crippen LogP contribution in [-0.2, 0) is 19.6 Å². The second-order valence-corrected chi connectivity index (χ2v) is 8.05. The molecule has 1 fully saturated rings. The zero-order valence-electron chi connectivity index (χ0n) is 14.6. The van der Waals surface area contributed by atoms with Crippen molar-refractivity contribution < 1.29 is 22.9 Å². The average Bonchev–Trinajstić information content (AvgIpc) is 3.09. The second-order valence-electron chi connectivity index (χ2n) is 6.29. The van der Waals surface area contributed by atoms with Gasteiger partial charge in [0.2, 0.25) is 21.8 Å². The molecule has 1 heterocycles. The van der Waals surface area contributed by atoms with E-state index in [0.717, 1.165) is 34.7 Å². The van der Waals surface area contributed by atoms with E-state index in [1.807, 2.05) is 30.3 Å². The highest BCUT2D eigenvalue weighted by Gasteiger charge is 2.34. The van der Waals surface area contributed by atoms with E-state index in [1.165, 1.54) is 0 Å². The van der Waals surface area contributed by atoms with Gasteiger partial charge >= 0.3 is 0 Å². The molecule has 0 aromatic heterocycles. The van der Waals surface area contributed by atoms with Crippen molar-refractivity contribution in [2.75, 3.05) is 13.1 Å². The lowest BCUT2D eigenvalue weighted by Crippen LogP contribution is -2.40. The summed E-state index contributed by atoms with van der Waals surface area (Å²) in [5, 5.41) is 10.6. The Kier molecular flexibility index (Phi) is 5.52. The van der Waals surface area contributed by atoms with E-state index < -0.39 is 27.4 Å². The van der Waals surface area contributed by atoms with E-state index in [4.69, 9.17) is 0 Å². The summed E-state index contributed by atoms with van der Waals surface area (Å²) in [6.07, 6.45) is 0.185. The smallest absolute Gasteiger partial charge is 0.269 e. The number of rotatable bonds is 6. The molecular formula is C18H17N3O6S. The number of likely N-dealkylation sites (tertiary alicyclic amines) is 1. The summed E-state index contributed by atoms with van der Waals surface area (Å²) in [5.41, 5.74) is 0.697. The zero-order chi connectivity index (χ0) is 20.3. The Hall–Kier alpha value is -3.11. The minimum atomic E-state index is -4.04. The Bertz CT molecular complexity index is 1010. The molecule has 2 aromatic rings. The topological polar surface area (TPSA) is 127 Å². The quantitative estimate of drug-likeness (QED) is 0.574. The lowest BCUT2D eigenvalue weighted by atomic mass is 9.99. The summed E-state index contributed by atoms with van der Waals surface area (Å²) < 4.78 is 26.7. The van der Waals surface area contributed by atoms with E-state index >= 15 is 0 Å². The number of hydrogen-bond donors (Lipinski definition) is 1. The molecule has 146 valence electrons. The van der Waals surface area contributed by atoms with Crippen LogP contribution in [0.25, 0.3) is 0 Å². The van der Waals surface area contributed by atoms with Gasteiger partial charge in [0.1, 0.15) is 0 Å². The number of carbonyl (C=O) groups is 2. The van der Waals surface area contributed by atoms with Crippen molar-refractivity contribution in [3.05, 3.63) is 70.3 Å². The van der Waals surface area contributed by atoms with Gasteiger partial charge in [-0.3, -0.25) is 24.6 Å². The zero-order valence-corrected chi connectivity index (χ0v) is 15.5. The molecule has 1 unspecified atom stereocenters. The summed E-state index contributed by atoms with van der Waals surface area (Å²) in [6.45, 7) is -0.381. The molecule has 1 N–H and O–H groups in total. The van der Waals surface area contributed by atoms with E-state index in [1.54, 1.807) is 0 Å². The summed E-state index contributed by atoms with van der Waals surface area (Å²) >= 11 is 0. The number of benzene rings is 2. The number of non-ortho nitro benzene ring substituents is 1. The molecule has 0 saturated carbocycles. The molecule has 1 aliphatic heterocycles. The van der Waals surface area contributed by atoms with Gasteiger partial charge < -0.3 is 0 Å². The molecule has 1 aliphatic rings. The third-order valence-electron chi connectivity index (χ3n) is 4.47. The fourth-order valence-corrected chi connectivity index (χ4v) is 3.95. The van der Waals surface area contributed by atoms with Crippen molar-refractivity contribution in [3.63, 3.8) is 0 Å². The fraction of sp³-hybridized carbons (Fsp3) is 0.222. The van der Waals surface area contributed by atoms with Crippen LogP contribution >= 0.6 is 0 Å². The Morgan fingerprint density at radius 1 is 1.14 bits per heavy atom. The maximum Gasteiger partial charge on any atom is 0.269 e. The molecule has 3 rings (SSSR count). The maximum absolute atomic E-state index is 12.3. The van der Waals surface area contributed by atoms with Gasteiger partial charge in [0, 0.05) is 31.0 Å². The number of nitro benzene ring substituents is 1. The largest absolute Gasteiger partial charge is 0.281 e. The molecule has 1 saturated heterocycles. The molecule has 28 heavy (non-hydrogen) atoms. The normalized spacial score (nSPS) is 16.9. The number of nitrogens with zero attached hydrogens (tertiary/aromatic N) is 2. The Labute approximate surface area is 161 Å². The van der Waals surface area contributed by atoms with Crippen molar-refractivity contribution in [3.8, 4) is 0 Å². The molecule has 2 aromatic carbocycles. The number of imide groups is 1. The van der Waals surface area contributed by atoms with Gasteiger partial charge in [-0.05, 0) is 17.7 Å². The van der Waals surface area contributed by atoms with E-state index in [2.05, 4.69) is 4.72 Å². The monoisotopic (exact) mass is 403 g/mol. The number of amides is 2. The minimum Gasteiger partial charge on any atom is -0.281 e. The van der Waals surface area contributed by atoms with E-state index in [9.17, 15) is 28.1 Å². The van der Waals surface area contributed by atoms with Crippen molar-refractivity contribution in [2.45, 2.75) is 17.2 Å². The van der Waals surface area contributed by atoms with Crippen LogP contribution in [0.4, 0.5) is 5.69 Å². The molecule has 9 nitrogen and oxygen atoms in total. The van der Waals surface area contributed by atoms with Crippen LogP contribution in [0.1, 0.15) is 17.9 Å². The van der Waals surface area contributed by atoms with Crippen LogP contribution in [0.3, 0.4) is 0 Å². The van der Waals surface area contributed by atoms with Gasteiger partial charge in [-0.25, -0.2) is 13.1 Å². The van der Waals surface area contributed by atoms with Crippen LogP contribution in [0.15, 0.2) is 59.5 Å². The standard InChI is InChI=1S/C18H17N3O6S/c22-17-10-14(13-4-2-1-3-5-13)12-20(17)18(23)11-19-28(26,27)16-8-6-15(7-9-16)21(24)25/h1-9,14,19H,10-12H2. The van der Waals surface area contributed by atoms with Gasteiger partial charge in [0.25, 0.3) is 5.69 Å². The molecular weight excluding hydrogens is 386 g/mol. The van der Waals surface area contributed by atoms with Crippen LogP contribution < -0.4 is 4.72 Å². The highest BCUT2D eigenvalue weighted by Crippen LogP contribution is 2.28. The van der Waals surface area contributed by atoms with Crippen molar-refractivity contribution in [1.29, 1.82) is 0 Å². The number of nitrogens with one attached hydrogen (secondary N) is 1. The van der Waals surface area contributed by atoms with Crippen LogP contribution in [0, 0.1) is 10.1 Å². The van der Waals surface area contributed by atoms with Gasteiger partial charge in [-0.1, -0.05) is 30.3 Å². The van der Waals surface area contributed by atoms with Crippen molar-refractivity contribution >= 4 is 27.5 Å². The third-order valence-corrected chi connectivity index (χ3v) is 5.89. The van der Waals surface area contributed by atoms with E-state index in [0.29, 0.717) is 0 Å². The van der Waals surface area contributed by atoms with Gasteiger partial charge in [-0.2, -0.15) is 0 Å². The second kappa shape index (κ2) is 7.87. The predicted molar refractivity (Wildman–Crippen MR) is 98.8 cm³/mol. The SMILES string of the molecule is O=C(CNS(=O)(=O)c1ccc([N+](=O)[O-])cc1)N1CC(c2ccccc2)CC1=O. The Balaban J connectivity index is 1.63. The summed E-state index contributed by atoms with van der Waals surface area (Å²) in [7, 11) is -4.04. The van der Waals surface area contributed by atoms with Crippen molar-refractivity contribution in [2.24, 2.45) is 0 Å². The first kappa shape index (κ1) is 19.6. The first-order valence-electron chi connectivity index (χ1n) is 8.40. The van der Waals surface area contributed by atoms with Crippen LogP contribution in [0.5, 0.6) is 0 Å². The molecule has 0 radical (unpaired) electrons. The number of sulfonamides is 1. The Morgan fingerprint density at radius 2 is 1.79 bits per heavy atom. The van der Waals surface area contributed by atoms with Crippen LogP contribution in [-0.4, -0.2) is 43.1 Å². The highest BCUT2D eigenvalue weighted by molar-refractivity contribution is 7.89. The molecule has 1 atom stereocenters. The molecule has 0 bridgehead atoms. The molecule has 10 heteroatoms. The summed E-state index contributed by atoms with van der Waals surface area (Å²) in [6, 6.07) is 13.6. The lowest BCUT2D eigenvalue weighted by molar-refractivity contribution is -0.384. The van der Waals surface area contributed by atoms with E-state index in [-0.39, 0.29) is 35.4 Å². The molecule has 0 aliphatic carbocycles.